The van der Waals surface area contributed by atoms with Gasteiger partial charge < -0.3 is 15.4 Å². The molecule has 0 spiro atoms. The van der Waals surface area contributed by atoms with E-state index < -0.39 is 0 Å². The van der Waals surface area contributed by atoms with E-state index in [4.69, 9.17) is 10.5 Å². The summed E-state index contributed by atoms with van der Waals surface area (Å²) in [6.07, 6.45) is 3.11. The third-order valence-corrected chi connectivity index (χ3v) is 4.35. The Bertz CT molecular complexity index is 712. The number of methoxy groups -OCH3 is 1. The van der Waals surface area contributed by atoms with Gasteiger partial charge in [0, 0.05) is 24.3 Å². The highest BCUT2D eigenvalue weighted by Crippen LogP contribution is 2.31. The van der Waals surface area contributed by atoms with Gasteiger partial charge in [-0.1, -0.05) is 18.2 Å². The number of amides is 1. The van der Waals surface area contributed by atoms with Crippen LogP contribution in [0.4, 0.5) is 11.4 Å². The topological polar surface area (TPSA) is 55.6 Å². The summed E-state index contributed by atoms with van der Waals surface area (Å²) < 4.78 is 5.23. The van der Waals surface area contributed by atoms with Gasteiger partial charge in [0.2, 0.25) is 5.91 Å². The minimum Gasteiger partial charge on any atom is -0.497 e. The van der Waals surface area contributed by atoms with Crippen molar-refractivity contribution in [2.75, 3.05) is 24.3 Å². The van der Waals surface area contributed by atoms with Crippen LogP contribution in [0.3, 0.4) is 0 Å². The summed E-state index contributed by atoms with van der Waals surface area (Å²) in [4.78, 5) is 14.5. The second-order valence-electron chi connectivity index (χ2n) is 5.85. The van der Waals surface area contributed by atoms with Crippen molar-refractivity contribution in [3.8, 4) is 5.75 Å². The van der Waals surface area contributed by atoms with Crippen molar-refractivity contribution in [3.05, 3.63) is 53.6 Å². The first-order valence-corrected chi connectivity index (χ1v) is 7.99. The van der Waals surface area contributed by atoms with Gasteiger partial charge >= 0.3 is 0 Å². The van der Waals surface area contributed by atoms with Crippen molar-refractivity contribution >= 4 is 17.3 Å². The molecule has 0 bridgehead atoms. The molecule has 2 aromatic carbocycles. The van der Waals surface area contributed by atoms with Gasteiger partial charge in [-0.25, -0.2) is 0 Å². The summed E-state index contributed by atoms with van der Waals surface area (Å²) in [7, 11) is 1.65. The minimum atomic E-state index is 0.152. The lowest BCUT2D eigenvalue weighted by atomic mass is 9.99. The molecule has 2 N–H and O–H groups in total. The van der Waals surface area contributed by atoms with Crippen LogP contribution < -0.4 is 15.4 Å². The summed E-state index contributed by atoms with van der Waals surface area (Å²) >= 11 is 0. The van der Waals surface area contributed by atoms with Crippen LogP contribution in [0.15, 0.2) is 42.5 Å². The van der Waals surface area contributed by atoms with Crippen LogP contribution in [0.5, 0.6) is 5.75 Å². The molecule has 0 saturated heterocycles. The predicted molar refractivity (Wildman–Crippen MR) is 92.8 cm³/mol. The summed E-state index contributed by atoms with van der Waals surface area (Å²) in [6.45, 7) is 0.771. The van der Waals surface area contributed by atoms with Gasteiger partial charge in [0.1, 0.15) is 5.75 Å². The fourth-order valence-electron chi connectivity index (χ4n) is 3.12. The number of nitrogen functional groups attached to an aromatic ring is 1. The Morgan fingerprint density at radius 2 is 2.09 bits per heavy atom. The number of nitrogens with zero attached hydrogens (tertiary/aromatic N) is 1. The van der Waals surface area contributed by atoms with Crippen molar-refractivity contribution in [2.45, 2.75) is 25.7 Å². The SMILES string of the molecule is COc1cccc(CCC(=O)N2CCCc3c(N)cccc32)c1. The van der Waals surface area contributed by atoms with Crippen LogP contribution in [-0.2, 0) is 17.6 Å². The number of carbonyl (C=O) groups is 1. The average Bonchev–Trinajstić information content (AvgIpc) is 2.60. The van der Waals surface area contributed by atoms with E-state index in [1.54, 1.807) is 7.11 Å². The first-order chi connectivity index (χ1) is 11.2. The number of aryl methyl sites for hydroxylation is 1. The minimum absolute atomic E-state index is 0.152. The third kappa shape index (κ3) is 3.31. The summed E-state index contributed by atoms with van der Waals surface area (Å²) in [5.41, 5.74) is 10.0. The monoisotopic (exact) mass is 310 g/mol. The standard InChI is InChI=1S/C19H22N2O2/c1-23-15-6-2-5-14(13-15)10-11-19(22)21-12-4-7-16-17(20)8-3-9-18(16)21/h2-3,5-6,8-9,13H,4,7,10-12,20H2,1H3. The van der Waals surface area contributed by atoms with E-state index >= 15 is 0 Å². The largest absolute Gasteiger partial charge is 0.497 e. The van der Waals surface area contributed by atoms with Crippen molar-refractivity contribution in [2.24, 2.45) is 0 Å². The number of ether oxygens (including phenoxy) is 1. The second-order valence-corrected chi connectivity index (χ2v) is 5.85. The zero-order chi connectivity index (χ0) is 16.2. The lowest BCUT2D eigenvalue weighted by Gasteiger charge is -2.30. The maximum absolute atomic E-state index is 12.7. The Balaban J connectivity index is 1.71. The van der Waals surface area contributed by atoms with Gasteiger partial charge in [-0.15, -0.1) is 0 Å². The normalized spacial score (nSPS) is 13.5. The molecule has 0 unspecified atom stereocenters. The quantitative estimate of drug-likeness (QED) is 0.882. The van der Waals surface area contributed by atoms with Crippen LogP contribution in [0.2, 0.25) is 0 Å². The third-order valence-electron chi connectivity index (χ3n) is 4.35. The van der Waals surface area contributed by atoms with E-state index in [0.717, 1.165) is 47.6 Å². The fourth-order valence-corrected chi connectivity index (χ4v) is 3.12. The van der Waals surface area contributed by atoms with Gasteiger partial charge in [0.25, 0.3) is 0 Å². The lowest BCUT2D eigenvalue weighted by Crippen LogP contribution is -2.35. The van der Waals surface area contributed by atoms with Gasteiger partial charge in [0.15, 0.2) is 0 Å². The molecule has 1 aliphatic rings. The van der Waals surface area contributed by atoms with Crippen LogP contribution in [0, 0.1) is 0 Å². The maximum Gasteiger partial charge on any atom is 0.227 e. The Hall–Kier alpha value is -2.49. The Morgan fingerprint density at radius 3 is 2.91 bits per heavy atom. The van der Waals surface area contributed by atoms with E-state index in [0.29, 0.717) is 12.8 Å². The Labute approximate surface area is 136 Å². The Morgan fingerprint density at radius 1 is 1.26 bits per heavy atom. The van der Waals surface area contributed by atoms with Crippen molar-refractivity contribution in [3.63, 3.8) is 0 Å². The van der Waals surface area contributed by atoms with Gasteiger partial charge in [-0.2, -0.15) is 0 Å². The molecule has 3 rings (SSSR count). The van der Waals surface area contributed by atoms with Crippen LogP contribution in [0.1, 0.15) is 24.0 Å². The fraction of sp³-hybridized carbons (Fsp3) is 0.316. The number of fused-ring (bicyclic) bond motifs is 1. The molecule has 4 nitrogen and oxygen atoms in total. The summed E-state index contributed by atoms with van der Waals surface area (Å²) in [6, 6.07) is 13.7. The van der Waals surface area contributed by atoms with E-state index in [-0.39, 0.29) is 5.91 Å². The molecule has 0 atom stereocenters. The molecule has 23 heavy (non-hydrogen) atoms. The molecule has 1 heterocycles. The van der Waals surface area contributed by atoms with Crippen molar-refractivity contribution in [1.82, 2.24) is 0 Å². The lowest BCUT2D eigenvalue weighted by molar-refractivity contribution is -0.118. The maximum atomic E-state index is 12.7. The molecule has 0 aliphatic carbocycles. The first kappa shape index (κ1) is 15.4. The van der Waals surface area contributed by atoms with Crippen molar-refractivity contribution in [1.29, 1.82) is 0 Å². The van der Waals surface area contributed by atoms with Gasteiger partial charge in [-0.05, 0) is 54.7 Å². The molecule has 1 aliphatic heterocycles. The molecule has 0 radical (unpaired) electrons. The molecule has 120 valence electrons. The van der Waals surface area contributed by atoms with E-state index in [9.17, 15) is 4.79 Å². The van der Waals surface area contributed by atoms with E-state index in [1.165, 1.54) is 0 Å². The molecular formula is C19H22N2O2. The zero-order valence-electron chi connectivity index (χ0n) is 13.4. The van der Waals surface area contributed by atoms with Crippen LogP contribution in [-0.4, -0.2) is 19.6 Å². The number of hydrogen-bond donors (Lipinski definition) is 1. The van der Waals surface area contributed by atoms with E-state index in [2.05, 4.69) is 0 Å². The molecule has 1 amide bonds. The molecule has 0 saturated carbocycles. The highest BCUT2D eigenvalue weighted by Gasteiger charge is 2.23. The first-order valence-electron chi connectivity index (χ1n) is 7.99. The van der Waals surface area contributed by atoms with Gasteiger partial charge in [-0.3, -0.25) is 4.79 Å². The number of anilines is 2. The predicted octanol–water partition coefficient (Wildman–Crippen LogP) is 3.19. The molecule has 0 fully saturated rings. The average molecular weight is 310 g/mol. The Kier molecular flexibility index (Phi) is 4.51. The molecule has 2 aromatic rings. The smallest absolute Gasteiger partial charge is 0.227 e. The van der Waals surface area contributed by atoms with Crippen LogP contribution >= 0.6 is 0 Å². The molecular weight excluding hydrogens is 288 g/mol. The number of nitrogens with two attached hydrogens (primary N) is 1. The molecule has 4 heteroatoms. The summed E-state index contributed by atoms with van der Waals surface area (Å²) in [5.74, 6) is 0.977. The van der Waals surface area contributed by atoms with Gasteiger partial charge in [0.05, 0.1) is 7.11 Å². The number of benzene rings is 2. The summed E-state index contributed by atoms with van der Waals surface area (Å²) in [5, 5.41) is 0. The number of carbonyl (C=O) groups excluding carboxylic acids is 1. The van der Waals surface area contributed by atoms with E-state index in [1.807, 2.05) is 47.4 Å². The second kappa shape index (κ2) is 6.73. The molecule has 0 aromatic heterocycles. The van der Waals surface area contributed by atoms with Crippen molar-refractivity contribution < 1.29 is 9.53 Å². The van der Waals surface area contributed by atoms with Crippen LogP contribution in [0.25, 0.3) is 0 Å². The highest BCUT2D eigenvalue weighted by atomic mass is 16.5. The number of hydrogen-bond acceptors (Lipinski definition) is 3. The highest BCUT2D eigenvalue weighted by molar-refractivity contribution is 5.95. The number of rotatable bonds is 4. The zero-order valence-corrected chi connectivity index (χ0v) is 13.4.